The third kappa shape index (κ3) is 2.52. The quantitative estimate of drug-likeness (QED) is 0.872. The van der Waals surface area contributed by atoms with E-state index in [-0.39, 0.29) is 30.3 Å². The number of rotatable bonds is 3. The van der Waals surface area contributed by atoms with Crippen molar-refractivity contribution >= 4 is 11.6 Å². The van der Waals surface area contributed by atoms with Crippen molar-refractivity contribution in [2.24, 2.45) is 0 Å². The number of aliphatic hydroxyl groups is 1. The first-order valence-corrected chi connectivity index (χ1v) is 5.10. The molecular formula is C11H11F2NO3. The first kappa shape index (κ1) is 11.8. The average molecular weight is 243 g/mol. The van der Waals surface area contributed by atoms with Gasteiger partial charge in [-0.1, -0.05) is 12.1 Å². The summed E-state index contributed by atoms with van der Waals surface area (Å²) in [6.45, 7) is -2.85. The van der Waals surface area contributed by atoms with E-state index < -0.39 is 12.7 Å². The van der Waals surface area contributed by atoms with Gasteiger partial charge in [0.1, 0.15) is 5.75 Å². The third-order valence-corrected chi connectivity index (χ3v) is 2.48. The van der Waals surface area contributed by atoms with Gasteiger partial charge in [0.25, 0.3) is 0 Å². The molecule has 0 saturated carbocycles. The predicted molar refractivity (Wildman–Crippen MR) is 56.1 cm³/mol. The van der Waals surface area contributed by atoms with Crippen LogP contribution < -0.4 is 9.64 Å². The van der Waals surface area contributed by atoms with Crippen molar-refractivity contribution < 1.29 is 23.4 Å². The van der Waals surface area contributed by atoms with Gasteiger partial charge in [0, 0.05) is 0 Å². The summed E-state index contributed by atoms with van der Waals surface area (Å²) >= 11 is 0. The lowest BCUT2D eigenvalue weighted by molar-refractivity contribution is -0.117. The summed E-state index contributed by atoms with van der Waals surface area (Å²) in [6.07, 6.45) is -0.759. The molecule has 1 amide bonds. The minimum atomic E-state index is -2.95. The van der Waals surface area contributed by atoms with Crippen LogP contribution in [0.2, 0.25) is 0 Å². The van der Waals surface area contributed by atoms with Crippen molar-refractivity contribution in [2.45, 2.75) is 19.1 Å². The molecule has 92 valence electrons. The molecule has 0 bridgehead atoms. The fourth-order valence-electron chi connectivity index (χ4n) is 1.80. The highest BCUT2D eigenvalue weighted by Crippen LogP contribution is 2.32. The van der Waals surface area contributed by atoms with Crippen LogP contribution in [0.3, 0.4) is 0 Å². The molecule has 1 atom stereocenters. The summed E-state index contributed by atoms with van der Waals surface area (Å²) in [5, 5.41) is 9.35. The second-order valence-electron chi connectivity index (χ2n) is 3.71. The smallest absolute Gasteiger partial charge is 0.387 e. The number of amides is 1. The summed E-state index contributed by atoms with van der Waals surface area (Å²) in [6, 6.07) is 6.02. The lowest BCUT2D eigenvalue weighted by Gasteiger charge is -2.19. The first-order chi connectivity index (χ1) is 8.08. The maximum absolute atomic E-state index is 12.2. The molecule has 1 unspecified atom stereocenters. The molecule has 0 radical (unpaired) electrons. The molecule has 0 aromatic heterocycles. The Bertz CT molecular complexity index is 425. The van der Waals surface area contributed by atoms with Crippen molar-refractivity contribution in [1.82, 2.24) is 0 Å². The number of β-amino-alcohol motifs (C(OH)–C–C–N with tert-alkyl or cyclic N) is 1. The molecule has 1 saturated heterocycles. The van der Waals surface area contributed by atoms with Crippen LogP contribution in [-0.2, 0) is 4.79 Å². The number of carbonyl (C=O) groups excluding carboxylic acids is 1. The SMILES string of the molecule is O=C1CC(O)CN1c1ccccc1OC(F)F. The van der Waals surface area contributed by atoms with Crippen LogP contribution in [-0.4, -0.2) is 30.3 Å². The highest BCUT2D eigenvalue weighted by atomic mass is 19.3. The summed E-state index contributed by atoms with van der Waals surface area (Å²) in [5.41, 5.74) is 0.259. The van der Waals surface area contributed by atoms with Crippen LogP contribution in [0.4, 0.5) is 14.5 Å². The van der Waals surface area contributed by atoms with Crippen molar-refractivity contribution in [1.29, 1.82) is 0 Å². The van der Waals surface area contributed by atoms with Crippen LogP contribution in [0.25, 0.3) is 0 Å². The normalized spacial score (nSPS) is 20.1. The van der Waals surface area contributed by atoms with Crippen LogP contribution in [0.15, 0.2) is 24.3 Å². The Morgan fingerprint density at radius 1 is 1.41 bits per heavy atom. The Morgan fingerprint density at radius 2 is 2.12 bits per heavy atom. The van der Waals surface area contributed by atoms with E-state index in [0.717, 1.165) is 0 Å². The molecule has 0 spiro atoms. The highest BCUT2D eigenvalue weighted by molar-refractivity contribution is 5.97. The minimum Gasteiger partial charge on any atom is -0.433 e. The van der Waals surface area contributed by atoms with Gasteiger partial charge in [0.15, 0.2) is 0 Å². The fraction of sp³-hybridized carbons (Fsp3) is 0.364. The van der Waals surface area contributed by atoms with E-state index in [2.05, 4.69) is 4.74 Å². The van der Waals surface area contributed by atoms with Gasteiger partial charge in [-0.25, -0.2) is 0 Å². The predicted octanol–water partition coefficient (Wildman–Crippen LogP) is 1.39. The number of hydrogen-bond donors (Lipinski definition) is 1. The van der Waals surface area contributed by atoms with Crippen LogP contribution >= 0.6 is 0 Å². The number of alkyl halides is 2. The van der Waals surface area contributed by atoms with Crippen molar-refractivity contribution in [3.05, 3.63) is 24.3 Å². The number of ether oxygens (including phenoxy) is 1. The van der Waals surface area contributed by atoms with Gasteiger partial charge in [0.05, 0.1) is 24.8 Å². The van der Waals surface area contributed by atoms with Gasteiger partial charge in [-0.05, 0) is 12.1 Å². The molecule has 0 aliphatic carbocycles. The maximum Gasteiger partial charge on any atom is 0.387 e. The summed E-state index contributed by atoms with van der Waals surface area (Å²) < 4.78 is 28.7. The molecule has 1 aliphatic heterocycles. The van der Waals surface area contributed by atoms with Gasteiger partial charge in [0.2, 0.25) is 5.91 Å². The summed E-state index contributed by atoms with van der Waals surface area (Å²) in [4.78, 5) is 12.8. The second kappa shape index (κ2) is 4.67. The van der Waals surface area contributed by atoms with Gasteiger partial charge in [-0.15, -0.1) is 0 Å². The standard InChI is InChI=1S/C11H11F2NO3/c12-11(13)17-9-4-2-1-3-8(9)14-6-7(15)5-10(14)16/h1-4,7,11,15H,5-6H2. The second-order valence-corrected chi connectivity index (χ2v) is 3.71. The van der Waals surface area contributed by atoms with E-state index in [1.165, 1.54) is 23.1 Å². The van der Waals surface area contributed by atoms with E-state index in [4.69, 9.17) is 0 Å². The Balaban J connectivity index is 2.28. The molecule has 1 fully saturated rings. The Labute approximate surface area is 96.4 Å². The zero-order valence-electron chi connectivity index (χ0n) is 8.85. The molecule has 1 heterocycles. The maximum atomic E-state index is 12.2. The van der Waals surface area contributed by atoms with Gasteiger partial charge in [-0.2, -0.15) is 8.78 Å². The number of aliphatic hydroxyl groups excluding tert-OH is 1. The highest BCUT2D eigenvalue weighted by Gasteiger charge is 2.31. The molecule has 1 aromatic carbocycles. The monoisotopic (exact) mass is 243 g/mol. The van der Waals surface area contributed by atoms with Gasteiger partial charge >= 0.3 is 6.61 Å². The third-order valence-electron chi connectivity index (χ3n) is 2.48. The fourth-order valence-corrected chi connectivity index (χ4v) is 1.80. The molecule has 1 N–H and O–H groups in total. The Kier molecular flexibility index (Phi) is 3.23. The van der Waals surface area contributed by atoms with Crippen molar-refractivity contribution in [3.8, 4) is 5.75 Å². The molecule has 2 rings (SSSR count). The lowest BCUT2D eigenvalue weighted by atomic mass is 10.2. The first-order valence-electron chi connectivity index (χ1n) is 5.10. The molecule has 17 heavy (non-hydrogen) atoms. The number of hydrogen-bond acceptors (Lipinski definition) is 3. The number of nitrogens with zero attached hydrogens (tertiary/aromatic N) is 1. The zero-order valence-corrected chi connectivity index (χ0v) is 8.85. The molecular weight excluding hydrogens is 232 g/mol. The Hall–Kier alpha value is -1.69. The number of para-hydroxylation sites is 2. The molecule has 1 aromatic rings. The van der Waals surface area contributed by atoms with E-state index in [9.17, 15) is 18.7 Å². The summed E-state index contributed by atoms with van der Waals surface area (Å²) in [5.74, 6) is -0.368. The topological polar surface area (TPSA) is 49.8 Å². The summed E-state index contributed by atoms with van der Waals surface area (Å²) in [7, 11) is 0. The van der Waals surface area contributed by atoms with Crippen molar-refractivity contribution in [2.75, 3.05) is 11.4 Å². The molecule has 6 heteroatoms. The van der Waals surface area contributed by atoms with E-state index in [1.54, 1.807) is 6.07 Å². The van der Waals surface area contributed by atoms with Crippen LogP contribution in [0, 0.1) is 0 Å². The molecule has 1 aliphatic rings. The average Bonchev–Trinajstić information content (AvgIpc) is 2.58. The van der Waals surface area contributed by atoms with Crippen molar-refractivity contribution in [3.63, 3.8) is 0 Å². The number of halogens is 2. The van der Waals surface area contributed by atoms with E-state index in [0.29, 0.717) is 0 Å². The lowest BCUT2D eigenvalue weighted by Crippen LogP contribution is -2.26. The van der Waals surface area contributed by atoms with Crippen LogP contribution in [0.1, 0.15) is 6.42 Å². The van der Waals surface area contributed by atoms with E-state index >= 15 is 0 Å². The Morgan fingerprint density at radius 3 is 2.71 bits per heavy atom. The van der Waals surface area contributed by atoms with Crippen LogP contribution in [0.5, 0.6) is 5.75 Å². The molecule has 4 nitrogen and oxygen atoms in total. The number of anilines is 1. The largest absolute Gasteiger partial charge is 0.433 e. The number of benzene rings is 1. The van der Waals surface area contributed by atoms with Gasteiger partial charge in [-0.3, -0.25) is 4.79 Å². The van der Waals surface area contributed by atoms with E-state index in [1.807, 2.05) is 0 Å². The van der Waals surface area contributed by atoms with Gasteiger partial charge < -0.3 is 14.7 Å². The minimum absolute atomic E-state index is 0.00299. The number of carbonyl (C=O) groups is 1. The zero-order chi connectivity index (χ0) is 12.4.